The molecule has 0 saturated heterocycles. The molecule has 1 atom stereocenters. The van der Waals surface area contributed by atoms with Crippen molar-refractivity contribution in [3.05, 3.63) is 58.3 Å². The lowest BCUT2D eigenvalue weighted by Crippen LogP contribution is -2.14. The summed E-state index contributed by atoms with van der Waals surface area (Å²) >= 11 is 3.37. The predicted molar refractivity (Wildman–Crippen MR) is 80.2 cm³/mol. The summed E-state index contributed by atoms with van der Waals surface area (Å²) < 4.78 is 6.39. The third-order valence-corrected chi connectivity index (χ3v) is 3.31. The Balaban J connectivity index is 2.02. The first kappa shape index (κ1) is 14.0. The molecule has 0 amide bonds. The summed E-state index contributed by atoms with van der Waals surface area (Å²) in [6.45, 7) is 2.65. The molecule has 2 aromatic rings. The van der Waals surface area contributed by atoms with Crippen molar-refractivity contribution in [2.75, 3.05) is 6.61 Å². The lowest BCUT2D eigenvalue weighted by atomic mass is 10.0. The van der Waals surface area contributed by atoms with E-state index in [2.05, 4.69) is 20.9 Å². The van der Waals surface area contributed by atoms with Gasteiger partial charge in [0.15, 0.2) is 0 Å². The number of hydrogen-bond acceptors (Lipinski definition) is 3. The van der Waals surface area contributed by atoms with Gasteiger partial charge in [-0.25, -0.2) is 0 Å². The summed E-state index contributed by atoms with van der Waals surface area (Å²) in [6, 6.07) is 11.8. The van der Waals surface area contributed by atoms with Crippen LogP contribution in [0.4, 0.5) is 0 Å². The molecule has 4 heteroatoms. The minimum atomic E-state index is -0.0515. The van der Waals surface area contributed by atoms with Crippen LogP contribution >= 0.6 is 15.9 Å². The Morgan fingerprint density at radius 3 is 2.53 bits per heavy atom. The molecule has 0 radical (unpaired) electrons. The van der Waals surface area contributed by atoms with E-state index in [1.165, 1.54) is 0 Å². The standard InChI is InChI=1S/C15H17BrN2O/c1-2-19-14-7-3-11(4-8-14)15(17)9-13-6-5-12(16)10-18-13/h3-8,10,15H,2,9,17H2,1H3. The molecule has 19 heavy (non-hydrogen) atoms. The molecule has 2 rings (SSSR count). The number of nitrogens with zero attached hydrogens (tertiary/aromatic N) is 1. The van der Waals surface area contributed by atoms with E-state index in [1.54, 1.807) is 6.20 Å². The zero-order valence-corrected chi connectivity index (χ0v) is 12.4. The highest BCUT2D eigenvalue weighted by molar-refractivity contribution is 9.10. The van der Waals surface area contributed by atoms with Gasteiger partial charge in [0.05, 0.1) is 6.61 Å². The van der Waals surface area contributed by atoms with E-state index >= 15 is 0 Å². The van der Waals surface area contributed by atoms with Crippen molar-refractivity contribution in [1.29, 1.82) is 0 Å². The van der Waals surface area contributed by atoms with Crippen LogP contribution < -0.4 is 10.5 Å². The maximum absolute atomic E-state index is 6.20. The second-order valence-electron chi connectivity index (χ2n) is 4.28. The number of benzene rings is 1. The minimum Gasteiger partial charge on any atom is -0.494 e. The summed E-state index contributed by atoms with van der Waals surface area (Å²) in [5.74, 6) is 0.875. The lowest BCUT2D eigenvalue weighted by Gasteiger charge is -2.12. The quantitative estimate of drug-likeness (QED) is 0.917. The summed E-state index contributed by atoms with van der Waals surface area (Å²) in [6.07, 6.45) is 2.52. The summed E-state index contributed by atoms with van der Waals surface area (Å²) in [5, 5.41) is 0. The molecule has 0 aliphatic rings. The third kappa shape index (κ3) is 4.04. The van der Waals surface area contributed by atoms with E-state index in [4.69, 9.17) is 10.5 Å². The maximum Gasteiger partial charge on any atom is 0.119 e. The van der Waals surface area contributed by atoms with Crippen LogP contribution in [-0.4, -0.2) is 11.6 Å². The molecule has 100 valence electrons. The fourth-order valence-electron chi connectivity index (χ4n) is 1.85. The van der Waals surface area contributed by atoms with Crippen LogP contribution in [0.5, 0.6) is 5.75 Å². The number of nitrogens with two attached hydrogens (primary N) is 1. The van der Waals surface area contributed by atoms with Crippen LogP contribution in [0, 0.1) is 0 Å². The van der Waals surface area contributed by atoms with Gasteiger partial charge in [-0.05, 0) is 52.7 Å². The molecule has 1 heterocycles. The van der Waals surface area contributed by atoms with Gasteiger partial charge in [0, 0.05) is 28.8 Å². The van der Waals surface area contributed by atoms with E-state index in [0.717, 1.165) is 27.9 Å². The summed E-state index contributed by atoms with van der Waals surface area (Å²) in [7, 11) is 0. The van der Waals surface area contributed by atoms with E-state index in [1.807, 2.05) is 43.3 Å². The molecule has 0 aliphatic carbocycles. The Bertz CT molecular complexity index is 511. The van der Waals surface area contributed by atoms with E-state index in [-0.39, 0.29) is 6.04 Å². The molecular weight excluding hydrogens is 304 g/mol. The Morgan fingerprint density at radius 2 is 1.95 bits per heavy atom. The Morgan fingerprint density at radius 1 is 1.21 bits per heavy atom. The SMILES string of the molecule is CCOc1ccc(C(N)Cc2ccc(Br)cn2)cc1. The third-order valence-electron chi connectivity index (χ3n) is 2.84. The van der Waals surface area contributed by atoms with E-state index < -0.39 is 0 Å². The van der Waals surface area contributed by atoms with Crippen LogP contribution in [0.3, 0.4) is 0 Å². The molecule has 0 aliphatic heterocycles. The monoisotopic (exact) mass is 320 g/mol. The van der Waals surface area contributed by atoms with Crippen LogP contribution in [0.2, 0.25) is 0 Å². The van der Waals surface area contributed by atoms with Crippen molar-refractivity contribution in [1.82, 2.24) is 4.98 Å². The van der Waals surface area contributed by atoms with Crippen molar-refractivity contribution in [3.8, 4) is 5.75 Å². The van der Waals surface area contributed by atoms with Crippen molar-refractivity contribution in [3.63, 3.8) is 0 Å². The van der Waals surface area contributed by atoms with Gasteiger partial charge in [0.2, 0.25) is 0 Å². The molecule has 0 bridgehead atoms. The average Bonchev–Trinajstić information content (AvgIpc) is 2.42. The molecule has 1 unspecified atom stereocenters. The Labute approximate surface area is 121 Å². The molecule has 0 spiro atoms. The molecule has 1 aromatic heterocycles. The normalized spacial score (nSPS) is 12.2. The highest BCUT2D eigenvalue weighted by atomic mass is 79.9. The van der Waals surface area contributed by atoms with Crippen LogP contribution in [0.25, 0.3) is 0 Å². The van der Waals surface area contributed by atoms with Gasteiger partial charge in [0.25, 0.3) is 0 Å². The molecule has 1 aromatic carbocycles. The number of hydrogen-bond donors (Lipinski definition) is 1. The Hall–Kier alpha value is -1.39. The van der Waals surface area contributed by atoms with Gasteiger partial charge >= 0.3 is 0 Å². The van der Waals surface area contributed by atoms with Crippen molar-refractivity contribution >= 4 is 15.9 Å². The molecular formula is C15H17BrN2O. The van der Waals surface area contributed by atoms with Crippen molar-refractivity contribution in [2.45, 2.75) is 19.4 Å². The summed E-state index contributed by atoms with van der Waals surface area (Å²) in [4.78, 5) is 4.34. The Kier molecular flexibility index (Phi) is 4.93. The average molecular weight is 321 g/mol. The highest BCUT2D eigenvalue weighted by Gasteiger charge is 2.08. The van der Waals surface area contributed by atoms with Crippen LogP contribution in [-0.2, 0) is 6.42 Å². The number of halogens is 1. The van der Waals surface area contributed by atoms with Gasteiger partial charge in [-0.15, -0.1) is 0 Å². The fourth-order valence-corrected chi connectivity index (χ4v) is 2.08. The van der Waals surface area contributed by atoms with Gasteiger partial charge < -0.3 is 10.5 Å². The van der Waals surface area contributed by atoms with Crippen LogP contribution in [0.15, 0.2) is 47.1 Å². The number of ether oxygens (including phenoxy) is 1. The number of pyridine rings is 1. The second kappa shape index (κ2) is 6.68. The number of rotatable bonds is 5. The van der Waals surface area contributed by atoms with Crippen LogP contribution in [0.1, 0.15) is 24.2 Å². The smallest absolute Gasteiger partial charge is 0.119 e. The first-order valence-corrected chi connectivity index (χ1v) is 7.07. The van der Waals surface area contributed by atoms with Gasteiger partial charge in [-0.2, -0.15) is 0 Å². The zero-order chi connectivity index (χ0) is 13.7. The van der Waals surface area contributed by atoms with Crippen molar-refractivity contribution < 1.29 is 4.74 Å². The lowest BCUT2D eigenvalue weighted by molar-refractivity contribution is 0.340. The van der Waals surface area contributed by atoms with Gasteiger partial charge in [-0.3, -0.25) is 4.98 Å². The minimum absolute atomic E-state index is 0.0515. The number of aromatic nitrogens is 1. The molecule has 0 fully saturated rings. The van der Waals surface area contributed by atoms with Gasteiger partial charge in [0.1, 0.15) is 5.75 Å². The second-order valence-corrected chi connectivity index (χ2v) is 5.20. The van der Waals surface area contributed by atoms with Gasteiger partial charge in [-0.1, -0.05) is 12.1 Å². The van der Waals surface area contributed by atoms with E-state index in [9.17, 15) is 0 Å². The molecule has 0 saturated carbocycles. The van der Waals surface area contributed by atoms with E-state index in [0.29, 0.717) is 6.61 Å². The van der Waals surface area contributed by atoms with Crippen molar-refractivity contribution in [2.24, 2.45) is 5.73 Å². The fraction of sp³-hybridized carbons (Fsp3) is 0.267. The molecule has 3 nitrogen and oxygen atoms in total. The first-order valence-electron chi connectivity index (χ1n) is 6.28. The summed E-state index contributed by atoms with van der Waals surface area (Å²) in [5.41, 5.74) is 8.28. The maximum atomic E-state index is 6.20. The topological polar surface area (TPSA) is 48.1 Å². The zero-order valence-electron chi connectivity index (χ0n) is 10.8. The first-order chi connectivity index (χ1) is 9.19. The predicted octanol–water partition coefficient (Wildman–Crippen LogP) is 3.49. The molecule has 2 N–H and O–H groups in total. The largest absolute Gasteiger partial charge is 0.494 e. The highest BCUT2D eigenvalue weighted by Crippen LogP contribution is 2.19.